The second-order valence-electron chi connectivity index (χ2n) is 7.91. The summed E-state index contributed by atoms with van der Waals surface area (Å²) in [5, 5.41) is 10.1. The first-order chi connectivity index (χ1) is 14.2. The van der Waals surface area contributed by atoms with E-state index in [4.69, 9.17) is 0 Å². The second kappa shape index (κ2) is 7.38. The molecule has 1 aromatic carbocycles. The van der Waals surface area contributed by atoms with Crippen molar-refractivity contribution in [3.8, 4) is 6.07 Å². The maximum absolute atomic E-state index is 13.7. The summed E-state index contributed by atoms with van der Waals surface area (Å²) < 4.78 is 28.4. The van der Waals surface area contributed by atoms with Crippen LogP contribution in [0.3, 0.4) is 0 Å². The van der Waals surface area contributed by atoms with Gasteiger partial charge in [0.15, 0.2) is 0 Å². The van der Waals surface area contributed by atoms with Gasteiger partial charge in [-0.3, -0.25) is 9.69 Å². The van der Waals surface area contributed by atoms with Gasteiger partial charge >= 0.3 is 0 Å². The van der Waals surface area contributed by atoms with Crippen LogP contribution < -0.4 is 4.90 Å². The lowest BCUT2D eigenvalue weighted by atomic mass is 10.0. The number of allylic oxidation sites excluding steroid dienone is 3. The molecule has 1 fully saturated rings. The van der Waals surface area contributed by atoms with E-state index in [1.54, 1.807) is 42.2 Å². The highest BCUT2D eigenvalue weighted by Crippen LogP contribution is 2.38. The van der Waals surface area contributed by atoms with Crippen LogP contribution in [0.4, 0.5) is 5.69 Å². The zero-order valence-electron chi connectivity index (χ0n) is 16.7. The number of hydrogen-bond donors (Lipinski definition) is 0. The number of rotatable bonds is 3. The third-order valence-corrected chi connectivity index (χ3v) is 8.48. The van der Waals surface area contributed by atoms with Gasteiger partial charge in [0.25, 0.3) is 0 Å². The number of likely N-dealkylation sites (N-methyl/N-ethyl adjacent to an activating group) is 1. The minimum absolute atomic E-state index is 0.125. The second-order valence-corrected chi connectivity index (χ2v) is 11.2. The molecular weight excluding hydrogens is 468 g/mol. The van der Waals surface area contributed by atoms with E-state index in [9.17, 15) is 18.5 Å². The van der Waals surface area contributed by atoms with E-state index in [0.29, 0.717) is 41.7 Å². The summed E-state index contributed by atoms with van der Waals surface area (Å²) in [7, 11) is -1.99. The van der Waals surface area contributed by atoms with Crippen LogP contribution in [0.5, 0.6) is 0 Å². The highest BCUT2D eigenvalue weighted by molar-refractivity contribution is 9.11. The van der Waals surface area contributed by atoms with Crippen LogP contribution in [0.25, 0.3) is 10.9 Å². The molecule has 2 heterocycles. The molecule has 1 unspecified atom stereocenters. The Labute approximate surface area is 184 Å². The number of carbonyl (C=O) groups excluding carboxylic acids is 1. The third kappa shape index (κ3) is 3.29. The fraction of sp³-hybridized carbons (Fsp3) is 0.333. The first-order valence-electron chi connectivity index (χ1n) is 9.49. The Morgan fingerprint density at radius 2 is 2.03 bits per heavy atom. The molecular formula is C21H21BrN4O3S. The molecule has 0 N–H and O–H groups in total. The van der Waals surface area contributed by atoms with Crippen molar-refractivity contribution < 1.29 is 13.2 Å². The van der Waals surface area contributed by atoms with E-state index < -0.39 is 14.8 Å². The van der Waals surface area contributed by atoms with Gasteiger partial charge in [-0.25, -0.2) is 12.4 Å². The lowest BCUT2D eigenvalue weighted by molar-refractivity contribution is -0.120. The minimum atomic E-state index is -3.86. The van der Waals surface area contributed by atoms with E-state index >= 15 is 0 Å². The van der Waals surface area contributed by atoms with Crippen molar-refractivity contribution >= 4 is 48.5 Å². The molecule has 30 heavy (non-hydrogen) atoms. The normalized spacial score (nSPS) is 22.9. The first-order valence-corrected chi connectivity index (χ1v) is 11.7. The number of halogens is 1. The molecule has 7 nitrogen and oxygen atoms in total. The molecule has 1 atom stereocenters. The number of piperazine rings is 1. The number of fused-ring (bicyclic) bond motifs is 1. The zero-order chi connectivity index (χ0) is 21.7. The van der Waals surface area contributed by atoms with E-state index in [1.165, 1.54) is 10.2 Å². The molecule has 1 aliphatic carbocycles. The molecule has 0 saturated carbocycles. The van der Waals surface area contributed by atoms with Gasteiger partial charge in [0.05, 0.1) is 29.4 Å². The molecule has 2 aliphatic rings. The molecule has 9 heteroatoms. The molecule has 4 rings (SSSR count). The fourth-order valence-corrected chi connectivity index (χ4v) is 6.58. The van der Waals surface area contributed by atoms with Gasteiger partial charge in [-0.15, -0.1) is 0 Å². The van der Waals surface area contributed by atoms with E-state index in [2.05, 4.69) is 22.0 Å². The van der Waals surface area contributed by atoms with Crippen molar-refractivity contribution in [2.24, 2.45) is 0 Å². The van der Waals surface area contributed by atoms with Crippen molar-refractivity contribution in [1.82, 2.24) is 8.87 Å². The van der Waals surface area contributed by atoms with Crippen LogP contribution in [0.1, 0.15) is 18.9 Å². The Morgan fingerprint density at radius 1 is 1.27 bits per heavy atom. The SMILES string of the molecule is CN1CCN(c2cc(C#N)cc3ccn(S(=O)(=O)C4(C)C=CC=C(Br)C4)c23)C(=O)C1. The number of hydrogen-bond acceptors (Lipinski definition) is 5. The molecule has 1 aromatic heterocycles. The standard InChI is InChI=1S/C21H21BrN4O3S/c1-21(6-3-4-17(22)12-21)30(28,29)26-7-5-16-10-15(13-23)11-18(20(16)26)25-9-8-24(2)14-19(25)27/h3-7,10-11H,8-9,12,14H2,1-2H3. The number of nitrogens with zero attached hydrogens (tertiary/aromatic N) is 4. The Kier molecular flexibility index (Phi) is 5.12. The summed E-state index contributed by atoms with van der Waals surface area (Å²) in [5.74, 6) is -0.125. The van der Waals surface area contributed by atoms with Crippen molar-refractivity contribution in [3.05, 3.63) is 52.7 Å². The predicted molar refractivity (Wildman–Crippen MR) is 120 cm³/mol. The molecule has 0 bridgehead atoms. The largest absolute Gasteiger partial charge is 0.308 e. The summed E-state index contributed by atoms with van der Waals surface area (Å²) in [6.45, 7) is 3.01. The van der Waals surface area contributed by atoms with Gasteiger partial charge in [-0.05, 0) is 36.7 Å². The molecule has 0 spiro atoms. The Hall–Kier alpha value is -2.41. The van der Waals surface area contributed by atoms with Crippen LogP contribution in [-0.4, -0.2) is 54.6 Å². The van der Waals surface area contributed by atoms with Gasteiger partial charge < -0.3 is 4.90 Å². The maximum atomic E-state index is 13.7. The monoisotopic (exact) mass is 488 g/mol. The van der Waals surface area contributed by atoms with Crippen LogP contribution in [0.15, 0.2) is 47.1 Å². The van der Waals surface area contributed by atoms with Gasteiger partial charge in [-0.1, -0.05) is 34.2 Å². The predicted octanol–water partition coefficient (Wildman–Crippen LogP) is 2.97. The molecule has 156 valence electrons. The molecule has 1 aliphatic heterocycles. The molecule has 0 radical (unpaired) electrons. The lowest BCUT2D eigenvalue weighted by Gasteiger charge is -2.33. The third-order valence-electron chi connectivity index (χ3n) is 5.65. The summed E-state index contributed by atoms with van der Waals surface area (Å²) >= 11 is 3.42. The quantitative estimate of drug-likeness (QED) is 0.662. The average molecular weight is 489 g/mol. The van der Waals surface area contributed by atoms with Crippen LogP contribution in [0.2, 0.25) is 0 Å². The summed E-state index contributed by atoms with van der Waals surface area (Å²) in [6.07, 6.45) is 7.07. The fourth-order valence-electron chi connectivity index (χ4n) is 3.96. The Balaban J connectivity index is 1.93. The van der Waals surface area contributed by atoms with Gasteiger partial charge in [0.1, 0.15) is 4.75 Å². The van der Waals surface area contributed by atoms with Crippen LogP contribution >= 0.6 is 15.9 Å². The van der Waals surface area contributed by atoms with Crippen molar-refractivity contribution in [3.63, 3.8) is 0 Å². The van der Waals surface area contributed by atoms with Crippen LogP contribution in [0, 0.1) is 11.3 Å². The Morgan fingerprint density at radius 3 is 2.70 bits per heavy atom. The topological polar surface area (TPSA) is 86.4 Å². The van der Waals surface area contributed by atoms with Gasteiger partial charge in [0, 0.05) is 31.1 Å². The summed E-state index contributed by atoms with van der Waals surface area (Å²) in [5.41, 5.74) is 1.26. The zero-order valence-corrected chi connectivity index (χ0v) is 19.1. The van der Waals surface area contributed by atoms with Gasteiger partial charge in [-0.2, -0.15) is 5.26 Å². The van der Waals surface area contributed by atoms with Crippen molar-refractivity contribution in [2.45, 2.75) is 18.1 Å². The number of anilines is 1. The number of benzene rings is 1. The number of carbonyl (C=O) groups is 1. The summed E-state index contributed by atoms with van der Waals surface area (Å²) in [6, 6.07) is 7.05. The first kappa shape index (κ1) is 20.8. The number of amides is 1. The van der Waals surface area contributed by atoms with Crippen molar-refractivity contribution in [1.29, 1.82) is 5.26 Å². The smallest absolute Gasteiger partial charge is 0.248 e. The average Bonchev–Trinajstić information content (AvgIpc) is 3.12. The minimum Gasteiger partial charge on any atom is -0.308 e. The van der Waals surface area contributed by atoms with Gasteiger partial charge in [0.2, 0.25) is 15.9 Å². The highest BCUT2D eigenvalue weighted by Gasteiger charge is 2.41. The Bertz CT molecular complexity index is 1260. The number of aromatic nitrogens is 1. The number of nitriles is 1. The van der Waals surface area contributed by atoms with E-state index in [-0.39, 0.29) is 12.5 Å². The lowest BCUT2D eigenvalue weighted by Crippen LogP contribution is -2.49. The van der Waals surface area contributed by atoms with Crippen molar-refractivity contribution in [2.75, 3.05) is 31.6 Å². The van der Waals surface area contributed by atoms with E-state index in [1.807, 2.05) is 18.0 Å². The highest BCUT2D eigenvalue weighted by atomic mass is 79.9. The molecule has 2 aromatic rings. The molecule has 1 amide bonds. The van der Waals surface area contributed by atoms with E-state index in [0.717, 1.165) is 4.48 Å². The van der Waals surface area contributed by atoms with Crippen LogP contribution in [-0.2, 0) is 14.8 Å². The maximum Gasteiger partial charge on any atom is 0.248 e. The summed E-state index contributed by atoms with van der Waals surface area (Å²) in [4.78, 5) is 16.3. The molecule has 1 saturated heterocycles.